The molecular weight excluding hydrogens is 563 g/mol. The Hall–Kier alpha value is -2.25. The van der Waals surface area contributed by atoms with Crippen LogP contribution in [0.1, 0.15) is 47.6 Å². The minimum atomic E-state index is -5.11. The summed E-state index contributed by atoms with van der Waals surface area (Å²) in [6, 6.07) is 5.91. The summed E-state index contributed by atoms with van der Waals surface area (Å²) < 4.78 is 83.2. The van der Waals surface area contributed by atoms with Gasteiger partial charge in [-0.2, -0.15) is 31.8 Å². The van der Waals surface area contributed by atoms with Crippen molar-refractivity contribution in [1.29, 1.82) is 0 Å². The summed E-state index contributed by atoms with van der Waals surface area (Å²) >= 11 is 11.4. The lowest BCUT2D eigenvalue weighted by atomic mass is 9.83. The van der Waals surface area contributed by atoms with Crippen LogP contribution in [0, 0.1) is 0 Å². The summed E-state index contributed by atoms with van der Waals surface area (Å²) in [4.78, 5) is 18.6. The molecule has 0 bridgehead atoms. The molecule has 6 nitrogen and oxygen atoms in total. The molecule has 5 rings (SSSR count). The Labute approximate surface area is 222 Å². The molecule has 3 aliphatic rings. The molecule has 2 atom stereocenters. The van der Waals surface area contributed by atoms with E-state index in [0.29, 0.717) is 17.2 Å². The number of aliphatic hydroxyl groups is 1. The Bertz CT molecular complexity index is 1250. The molecular formula is C24H21Cl2F6N3O3. The second-order valence-corrected chi connectivity index (χ2v) is 10.6. The fourth-order valence-electron chi connectivity index (χ4n) is 4.70. The molecule has 0 spiro atoms. The maximum atomic E-state index is 14.3. The van der Waals surface area contributed by atoms with E-state index in [-0.39, 0.29) is 25.2 Å². The number of hydrogen-bond acceptors (Lipinski definition) is 4. The molecule has 1 aliphatic carbocycles. The van der Waals surface area contributed by atoms with Crippen LogP contribution in [-0.4, -0.2) is 41.3 Å². The Morgan fingerprint density at radius 3 is 2.24 bits per heavy atom. The summed E-state index contributed by atoms with van der Waals surface area (Å²) in [5, 5.41) is 12.1. The van der Waals surface area contributed by atoms with Crippen LogP contribution in [0.4, 0.5) is 31.1 Å². The number of β-amino-alcohol motifs (C(OH)–C–C–N with tert-alkyl or cyclic N) is 1. The Kier molecular flexibility index (Phi) is 6.58. The van der Waals surface area contributed by atoms with E-state index in [4.69, 9.17) is 28.0 Å². The normalized spacial score (nSPS) is 25.3. The number of benzene rings is 2. The average molecular weight is 584 g/mol. The highest BCUT2D eigenvalue weighted by atomic mass is 35.5. The number of urea groups is 1. The fourth-order valence-corrected chi connectivity index (χ4v) is 5.14. The predicted molar refractivity (Wildman–Crippen MR) is 124 cm³/mol. The Morgan fingerprint density at radius 1 is 1.05 bits per heavy atom. The van der Waals surface area contributed by atoms with Gasteiger partial charge in [-0.15, -0.1) is 0 Å². The van der Waals surface area contributed by atoms with Crippen LogP contribution >= 0.6 is 23.2 Å². The number of carbonyl (C=O) groups excluding carboxylic acids is 1. The van der Waals surface area contributed by atoms with Crippen LogP contribution in [0.15, 0.2) is 36.4 Å². The van der Waals surface area contributed by atoms with Crippen molar-refractivity contribution in [1.82, 2.24) is 15.7 Å². The minimum Gasteiger partial charge on any atom is -0.381 e. The van der Waals surface area contributed by atoms with Gasteiger partial charge in [-0.1, -0.05) is 47.5 Å². The Morgan fingerprint density at radius 2 is 1.68 bits per heavy atom. The summed E-state index contributed by atoms with van der Waals surface area (Å²) in [6.45, 7) is 0.122. The molecule has 0 radical (unpaired) electrons. The number of carbonyl (C=O) groups is 1. The first-order chi connectivity index (χ1) is 17.6. The smallest absolute Gasteiger partial charge is 0.381 e. The molecule has 2 aromatic carbocycles. The van der Waals surface area contributed by atoms with Crippen LogP contribution < -0.4 is 10.8 Å². The van der Waals surface area contributed by atoms with Gasteiger partial charge in [0.25, 0.3) is 0 Å². The molecule has 3 fully saturated rings. The maximum absolute atomic E-state index is 14.3. The van der Waals surface area contributed by atoms with Crippen LogP contribution in [0.25, 0.3) is 0 Å². The molecule has 2 aromatic rings. The number of nitrogens with one attached hydrogen (secondary N) is 2. The number of nitrogens with zero attached hydrogens (tertiary/aromatic N) is 1. The summed E-state index contributed by atoms with van der Waals surface area (Å²) in [5.74, 6) is 0. The van der Waals surface area contributed by atoms with E-state index in [0.717, 1.165) is 18.9 Å². The number of rotatable bonds is 4. The third-order valence-electron chi connectivity index (χ3n) is 7.07. The van der Waals surface area contributed by atoms with Gasteiger partial charge in [0.15, 0.2) is 0 Å². The zero-order chi connectivity index (χ0) is 27.7. The van der Waals surface area contributed by atoms with E-state index in [9.17, 15) is 36.2 Å². The monoisotopic (exact) mass is 583 g/mol. The molecule has 1 saturated carbocycles. The summed E-state index contributed by atoms with van der Waals surface area (Å²) in [7, 11) is 0. The number of hydroxylamine groups is 1. The van der Waals surface area contributed by atoms with Gasteiger partial charge in [-0.3, -0.25) is 4.84 Å². The third-order valence-corrected chi connectivity index (χ3v) is 7.87. The lowest BCUT2D eigenvalue weighted by Crippen LogP contribution is -2.63. The highest BCUT2D eigenvalue weighted by molar-refractivity contribution is 6.42. The maximum Gasteiger partial charge on any atom is 0.423 e. The van der Waals surface area contributed by atoms with Crippen LogP contribution in [0.5, 0.6) is 0 Å². The third kappa shape index (κ3) is 4.81. The van der Waals surface area contributed by atoms with Crippen molar-refractivity contribution in [3.63, 3.8) is 0 Å². The van der Waals surface area contributed by atoms with Crippen LogP contribution in [-0.2, 0) is 22.2 Å². The van der Waals surface area contributed by atoms with Gasteiger partial charge in [-0.25, -0.2) is 4.79 Å². The molecule has 2 heterocycles. The van der Waals surface area contributed by atoms with E-state index in [2.05, 4.69) is 10.8 Å². The van der Waals surface area contributed by atoms with E-state index in [1.807, 2.05) is 0 Å². The van der Waals surface area contributed by atoms with Gasteiger partial charge in [-0.05, 0) is 41.7 Å². The number of likely N-dealkylation sites (tertiary alicyclic amines) is 1. The van der Waals surface area contributed by atoms with Crippen molar-refractivity contribution < 1.29 is 41.1 Å². The average Bonchev–Trinajstić information content (AvgIpc) is 3.50. The number of amides is 2. The first-order valence-electron chi connectivity index (χ1n) is 11.6. The lowest BCUT2D eigenvalue weighted by Gasteiger charge is -2.46. The standard InChI is InChI=1S/C24H21Cl2F6N3O3/c25-17-8-14(7-16(19(17)26)23(27,28)29)22(24(30,31)32)9-18(34-38-22)12-1-3-13(4-2-12)21(37)10-35(11-21)20(36)33-15-5-6-15/h1-4,7-8,15,18,34,37H,5-6,9-11H2,(H,33,36). The molecule has 38 heavy (non-hydrogen) atoms. The molecule has 14 heteroatoms. The fraction of sp³-hybridized carbons (Fsp3) is 0.458. The largest absolute Gasteiger partial charge is 0.423 e. The van der Waals surface area contributed by atoms with Crippen LogP contribution in [0.2, 0.25) is 10.0 Å². The highest BCUT2D eigenvalue weighted by Gasteiger charge is 2.62. The molecule has 206 valence electrons. The second-order valence-electron chi connectivity index (χ2n) is 9.85. The predicted octanol–water partition coefficient (Wildman–Crippen LogP) is 5.81. The van der Waals surface area contributed by atoms with Gasteiger partial charge < -0.3 is 15.3 Å². The molecule has 2 saturated heterocycles. The van der Waals surface area contributed by atoms with E-state index >= 15 is 0 Å². The van der Waals surface area contributed by atoms with Gasteiger partial charge >= 0.3 is 18.4 Å². The van der Waals surface area contributed by atoms with Crippen molar-refractivity contribution in [2.45, 2.75) is 54.9 Å². The van der Waals surface area contributed by atoms with Crippen molar-refractivity contribution in [3.05, 3.63) is 68.7 Å². The number of alkyl halides is 6. The zero-order valence-corrected chi connectivity index (χ0v) is 20.9. The summed E-state index contributed by atoms with van der Waals surface area (Å²) in [5.41, 5.74) is -3.67. The van der Waals surface area contributed by atoms with Crippen molar-refractivity contribution in [2.24, 2.45) is 0 Å². The number of hydrogen-bond donors (Lipinski definition) is 3. The Balaban J connectivity index is 1.35. The molecule has 0 aromatic heterocycles. The molecule has 2 aliphatic heterocycles. The van der Waals surface area contributed by atoms with Crippen molar-refractivity contribution >= 4 is 29.2 Å². The first kappa shape index (κ1) is 27.3. The van der Waals surface area contributed by atoms with Gasteiger partial charge in [0.05, 0.1) is 34.7 Å². The van der Waals surface area contributed by atoms with E-state index < -0.39 is 57.2 Å². The van der Waals surface area contributed by atoms with E-state index in [1.165, 1.54) is 29.2 Å². The van der Waals surface area contributed by atoms with Gasteiger partial charge in [0.2, 0.25) is 5.60 Å². The highest BCUT2D eigenvalue weighted by Crippen LogP contribution is 2.53. The lowest BCUT2D eigenvalue weighted by molar-refractivity contribution is -0.282. The molecule has 2 unspecified atom stereocenters. The van der Waals surface area contributed by atoms with Crippen LogP contribution in [0.3, 0.4) is 0 Å². The molecule has 3 N–H and O–H groups in total. The minimum absolute atomic E-state index is 0.0612. The first-order valence-corrected chi connectivity index (χ1v) is 12.3. The summed E-state index contributed by atoms with van der Waals surface area (Å²) in [6.07, 6.45) is -9.09. The quantitative estimate of drug-likeness (QED) is 0.397. The van der Waals surface area contributed by atoms with Gasteiger partial charge in [0.1, 0.15) is 5.60 Å². The zero-order valence-electron chi connectivity index (χ0n) is 19.4. The topological polar surface area (TPSA) is 73.8 Å². The SMILES string of the molecule is O=C(NC1CC1)N1CC(O)(c2ccc(C3CC(c4cc(Cl)c(Cl)c(C(F)(F)F)c4)(C(F)(F)F)ON3)cc2)C1. The van der Waals surface area contributed by atoms with Crippen molar-refractivity contribution in [2.75, 3.05) is 13.1 Å². The molecule has 2 amide bonds. The second kappa shape index (κ2) is 9.16. The van der Waals surface area contributed by atoms with E-state index in [1.54, 1.807) is 0 Å². The van der Waals surface area contributed by atoms with Gasteiger partial charge in [0, 0.05) is 12.5 Å². The number of halogens is 8. The van der Waals surface area contributed by atoms with Crippen molar-refractivity contribution in [3.8, 4) is 0 Å².